The van der Waals surface area contributed by atoms with Crippen molar-refractivity contribution in [3.8, 4) is 0 Å². The number of nitrogens with zero attached hydrogens (tertiary/aromatic N) is 14. The molecule has 4 unspecified atom stereocenters. The predicted octanol–water partition coefficient (Wildman–Crippen LogP) is 36.4. The minimum atomic E-state index is 0. The summed E-state index contributed by atoms with van der Waals surface area (Å²) >= 11 is 0. The number of hydrogen-bond donors (Lipinski definition) is 0. The van der Waals surface area contributed by atoms with Gasteiger partial charge in [-0.2, -0.15) is 0 Å². The molecule has 126 heavy (non-hydrogen) atoms. The minimum Gasteiger partial charge on any atom is -0.473 e. The SMILES string of the molecule is C1CCCC1.C1CCCC1.CC(=NC(C)C)[N-]C(C)C.CC(=NC(C)C)[N-]C(C)C.CC(=NC(C)C)[N-]C(C)C.CC(=NC(C)C)[N-]C(C)C.CC(=NC(C)C)[N-]C(C)C.CC(C)C1CCCC1.CC1CC(C)C(C)C1C.CC1CCCC1.CC1CCCC1.CCC1CCCC1.C[N-]C(C)=NC(C)C.C[N-]C(C)=NC(C)C.[CH3-].[CH3-].[CH3-].[CH3-].[CH3-].[CH3-].[CH3-].[Ru+2].[Ru+2].[Ru+2].[Ru+2].[Ru+2].[Ru+2].[Ru+2]. The monoisotopic (exact) mass is 2400 g/mol. The summed E-state index contributed by atoms with van der Waals surface area (Å²) in [7, 11) is 3.50. The van der Waals surface area contributed by atoms with Gasteiger partial charge in [-0.05, 0) is 181 Å². The van der Waals surface area contributed by atoms with Gasteiger partial charge in [0.1, 0.15) is 0 Å². The Morgan fingerprint density at radius 3 is 0.492 bits per heavy atom. The summed E-state index contributed by atoms with van der Waals surface area (Å²) in [4.78, 5) is 29.6. The van der Waals surface area contributed by atoms with Crippen molar-refractivity contribution >= 4 is 40.8 Å². The van der Waals surface area contributed by atoms with Crippen LogP contribution in [-0.4, -0.2) is 127 Å². The van der Waals surface area contributed by atoms with Gasteiger partial charge in [-0.15, -0.1) is 0 Å². The quantitative estimate of drug-likeness (QED) is 0.0694. The molecule has 14 nitrogen and oxygen atoms in total. The molecule has 0 aliphatic heterocycles. The van der Waals surface area contributed by atoms with E-state index in [1.165, 1.54) is 180 Å². The molecule has 0 heterocycles. The van der Waals surface area contributed by atoms with Gasteiger partial charge in [0, 0.05) is 0 Å². The van der Waals surface area contributed by atoms with Gasteiger partial charge in [-0.1, -0.05) is 457 Å². The summed E-state index contributed by atoms with van der Waals surface area (Å²) in [5, 5.41) is 29.1. The molecule has 0 N–H and O–H groups in total. The first-order valence-electron chi connectivity index (χ1n) is 46.6. The topological polar surface area (TPSA) is 185 Å². The molecule has 7 fully saturated rings. The summed E-state index contributed by atoms with van der Waals surface area (Å²) in [6.45, 7) is 84.0. The van der Waals surface area contributed by atoms with E-state index in [1.54, 1.807) is 14.1 Å². The number of aliphatic imine (C=N–C) groups is 7. The molecule has 0 aromatic heterocycles. The van der Waals surface area contributed by atoms with Gasteiger partial charge in [0.25, 0.3) is 0 Å². The number of hydrogen-bond acceptors (Lipinski definition) is 7. The summed E-state index contributed by atoms with van der Waals surface area (Å²) in [6.07, 6.45) is 41.7. The first-order valence-corrected chi connectivity index (χ1v) is 46.6. The summed E-state index contributed by atoms with van der Waals surface area (Å²) in [5.74, 6) is 15.3. The van der Waals surface area contributed by atoms with E-state index in [1.807, 2.05) is 76.2 Å². The summed E-state index contributed by atoms with van der Waals surface area (Å²) < 4.78 is 0. The van der Waals surface area contributed by atoms with Crippen molar-refractivity contribution in [2.45, 2.75) is 529 Å². The molecule has 21 heteroatoms. The molecule has 770 valence electrons. The maximum absolute atomic E-state index is 4.27. The first kappa shape index (κ1) is 179. The van der Waals surface area contributed by atoms with Crippen molar-refractivity contribution < 1.29 is 136 Å². The molecule has 7 rings (SSSR count). The fourth-order valence-electron chi connectivity index (χ4n) is 13.9. The molecule has 0 aromatic carbocycles. The van der Waals surface area contributed by atoms with E-state index in [2.05, 4.69) is 273 Å². The molecular weight excluding hydrogens is 2160 g/mol. The molecule has 0 aromatic rings. The number of rotatable bonds is 14. The Morgan fingerprint density at radius 1 is 0.246 bits per heavy atom. The molecular formula is C105H224N14Ru7. The third-order valence-electron chi connectivity index (χ3n) is 19.5. The predicted molar refractivity (Wildman–Crippen MR) is 565 cm³/mol. The van der Waals surface area contributed by atoms with Crippen molar-refractivity contribution in [2.75, 3.05) is 14.1 Å². The van der Waals surface area contributed by atoms with Crippen LogP contribution in [0.15, 0.2) is 34.9 Å². The third-order valence-corrected chi connectivity index (χ3v) is 19.5. The maximum Gasteiger partial charge on any atom is 2.00 e. The fourth-order valence-corrected chi connectivity index (χ4v) is 13.9. The molecule has 0 saturated heterocycles. The van der Waals surface area contributed by atoms with Gasteiger partial charge in [0.05, 0.1) is 0 Å². The molecule has 7 aliphatic carbocycles. The maximum atomic E-state index is 4.27. The summed E-state index contributed by atoms with van der Waals surface area (Å²) in [5.41, 5.74) is 0. The number of amidine groups is 7. The molecule has 4 atom stereocenters. The first-order chi connectivity index (χ1) is 52.1. The van der Waals surface area contributed by atoms with Crippen LogP contribution < -0.4 is 0 Å². The Kier molecular flexibility index (Phi) is 173. The van der Waals surface area contributed by atoms with E-state index in [-0.39, 0.29) is 188 Å². The molecule has 7 aliphatic rings. The normalized spacial score (nSPS) is 17.5. The van der Waals surface area contributed by atoms with Crippen LogP contribution in [0, 0.1) is 105 Å². The van der Waals surface area contributed by atoms with E-state index in [0.29, 0.717) is 72.5 Å². The van der Waals surface area contributed by atoms with Crippen LogP contribution in [0.4, 0.5) is 0 Å². The Labute approximate surface area is 889 Å². The second kappa shape index (κ2) is 122. The van der Waals surface area contributed by atoms with E-state index < -0.39 is 0 Å². The van der Waals surface area contributed by atoms with Gasteiger partial charge in [-0.25, -0.2) is 0 Å². The zero-order chi connectivity index (χ0) is 87.9. The Morgan fingerprint density at radius 2 is 0.405 bits per heavy atom. The van der Waals surface area contributed by atoms with E-state index >= 15 is 0 Å². The third kappa shape index (κ3) is 150. The molecule has 0 spiro atoms. The van der Waals surface area contributed by atoms with Crippen molar-refractivity contribution in [2.24, 2.45) is 88.2 Å². The molecule has 0 bridgehead atoms. The Bertz CT molecular complexity index is 1990. The second-order valence-corrected chi connectivity index (χ2v) is 37.0. The van der Waals surface area contributed by atoms with Crippen LogP contribution in [0.1, 0.15) is 457 Å². The smallest absolute Gasteiger partial charge is 0.473 e. The van der Waals surface area contributed by atoms with Crippen LogP contribution in [0.3, 0.4) is 0 Å². The molecule has 7 saturated carbocycles. The van der Waals surface area contributed by atoms with Crippen molar-refractivity contribution in [1.82, 2.24) is 0 Å². The average molecular weight is 2390 g/mol. The Hall–Kier alpha value is 0.654. The van der Waals surface area contributed by atoms with Gasteiger partial charge in [0.15, 0.2) is 0 Å². The van der Waals surface area contributed by atoms with Crippen molar-refractivity contribution in [1.29, 1.82) is 0 Å². The second-order valence-electron chi connectivity index (χ2n) is 37.0. The van der Waals surface area contributed by atoms with Crippen LogP contribution in [0.2, 0.25) is 0 Å². The standard InChI is InChI=1S/C9H18.5C8H17N2.C8H16.C7H14.2C6H13N2.2C6H12.2C5H10.7CH3.7Ru/c1-6-5-7(2)9(4)8(6)3;5*1-6(2)9-8(5)10-7(3)4;1-7(2)8-5-3-4-6-8;1-2-7-5-3-4-6-7;2*1-5(2)8-6(3)7-4;2*1-6-4-2-3-5-6;2*1-2-4-5-3-1;;;;;;;;;;;;;;/h6-9H,5H2,1-4H3;5*6-7H,1-5H3;7-8H,3-6H2,1-2H3;7H,2-6H2,1H3;2*5H,1-4H3;2*6H,2-5H2,1H3;2*1-5H2;7*1H3;;;;;;;/q;5*-1;;;2*-1;;;;;7*-1;7*+2. The average Bonchev–Trinajstić information content (AvgIpc) is 1.72. The van der Waals surface area contributed by atoms with Crippen LogP contribution in [0.5, 0.6) is 0 Å². The van der Waals surface area contributed by atoms with Gasteiger partial charge >= 0.3 is 136 Å². The van der Waals surface area contributed by atoms with E-state index in [0.717, 1.165) is 94.1 Å². The van der Waals surface area contributed by atoms with Crippen LogP contribution in [0.25, 0.3) is 37.2 Å². The van der Waals surface area contributed by atoms with E-state index in [4.69, 9.17) is 0 Å². The van der Waals surface area contributed by atoms with Crippen molar-refractivity contribution in [3.05, 3.63) is 89.2 Å². The van der Waals surface area contributed by atoms with Crippen molar-refractivity contribution in [3.63, 3.8) is 0 Å². The van der Waals surface area contributed by atoms with Gasteiger partial charge in [-0.3, -0.25) is 0 Å². The zero-order valence-electron chi connectivity index (χ0n) is 93.2. The largest absolute Gasteiger partial charge is 2.00 e. The molecule has 0 amide bonds. The molecule has 0 radical (unpaired) electrons. The van der Waals surface area contributed by atoms with Gasteiger partial charge < -0.3 is 124 Å². The van der Waals surface area contributed by atoms with Gasteiger partial charge in [0.2, 0.25) is 0 Å². The zero-order valence-corrected chi connectivity index (χ0v) is 105. The van der Waals surface area contributed by atoms with Crippen LogP contribution in [-0.2, 0) is 136 Å². The Balaban J connectivity index is -0.0000000493. The van der Waals surface area contributed by atoms with Crippen LogP contribution >= 0.6 is 0 Å². The van der Waals surface area contributed by atoms with E-state index in [9.17, 15) is 0 Å². The minimum absolute atomic E-state index is 0. The summed E-state index contributed by atoms with van der Waals surface area (Å²) in [6, 6.07) is 4.38. The fraction of sp³-hybridized carbons (Fsp3) is 0.867.